The number of aliphatic carboxylic acids is 1. The zero-order valence-corrected chi connectivity index (χ0v) is 13.8. The summed E-state index contributed by atoms with van der Waals surface area (Å²) >= 11 is 6.51. The molecule has 0 radical (unpaired) electrons. The topological polar surface area (TPSA) is 83.5 Å². The molecule has 0 saturated heterocycles. The first-order chi connectivity index (χ1) is 9.29. The van der Waals surface area contributed by atoms with E-state index in [4.69, 9.17) is 5.11 Å². The van der Waals surface area contributed by atoms with Gasteiger partial charge in [0.2, 0.25) is 0 Å². The summed E-state index contributed by atoms with van der Waals surface area (Å²) in [6, 6.07) is 3.86. The van der Waals surface area contributed by atoms with Gasteiger partial charge in [-0.15, -0.1) is 0 Å². The fourth-order valence-electron chi connectivity index (χ4n) is 1.53. The molecule has 1 amide bonds. The van der Waals surface area contributed by atoms with Gasteiger partial charge in [0.1, 0.15) is 11.8 Å². The molecule has 0 aromatic heterocycles. The first-order valence-electron chi connectivity index (χ1n) is 5.79. The van der Waals surface area contributed by atoms with E-state index in [1.807, 2.05) is 0 Å². The van der Waals surface area contributed by atoms with Crippen LogP contribution in [0.4, 0.5) is 0 Å². The summed E-state index contributed by atoms with van der Waals surface area (Å²) in [5, 5.41) is 11.5. The maximum atomic E-state index is 12.0. The fourth-order valence-corrected chi connectivity index (χ4v) is 2.83. The second-order valence-electron chi connectivity index (χ2n) is 4.26. The Kier molecular flexibility index (Phi) is 6.35. The number of halogens is 2. The van der Waals surface area contributed by atoms with Crippen LogP contribution in [0.2, 0.25) is 0 Å². The molecule has 0 fully saturated rings. The molecule has 0 aliphatic carbocycles. The number of carbonyl (C=O) groups is 3. The minimum Gasteiger partial charge on any atom is -0.480 e. The predicted molar refractivity (Wildman–Crippen MR) is 80.6 cm³/mol. The van der Waals surface area contributed by atoms with Crippen molar-refractivity contribution in [1.29, 1.82) is 0 Å². The van der Waals surface area contributed by atoms with Gasteiger partial charge < -0.3 is 15.2 Å². The van der Waals surface area contributed by atoms with E-state index in [2.05, 4.69) is 37.2 Å². The standard InChI is InChI=1S/C13H13Br2NO4/c1-7(17)2-3-11(13(19)20)16-12(18)8-4-9(14)6-10(15)5-8/h4-6,11H,2-3H2,1H3,(H,16,18)(H,19,20)/t11-/m1/s1. The molecular weight excluding hydrogens is 394 g/mol. The van der Waals surface area contributed by atoms with Crippen LogP contribution >= 0.6 is 31.9 Å². The van der Waals surface area contributed by atoms with Crippen molar-refractivity contribution in [3.05, 3.63) is 32.7 Å². The molecule has 7 heteroatoms. The van der Waals surface area contributed by atoms with Crippen LogP contribution in [-0.2, 0) is 9.59 Å². The Balaban J connectivity index is 2.79. The molecule has 108 valence electrons. The summed E-state index contributed by atoms with van der Waals surface area (Å²) in [6.07, 6.45) is 0.186. The Morgan fingerprint density at radius 3 is 2.20 bits per heavy atom. The van der Waals surface area contributed by atoms with Crippen LogP contribution in [-0.4, -0.2) is 28.8 Å². The van der Waals surface area contributed by atoms with E-state index in [0.29, 0.717) is 14.5 Å². The van der Waals surface area contributed by atoms with Gasteiger partial charge in [-0.2, -0.15) is 0 Å². The number of carboxylic acids is 1. The Morgan fingerprint density at radius 2 is 1.75 bits per heavy atom. The zero-order valence-electron chi connectivity index (χ0n) is 10.7. The third kappa shape index (κ3) is 5.42. The highest BCUT2D eigenvalue weighted by Crippen LogP contribution is 2.20. The van der Waals surface area contributed by atoms with Gasteiger partial charge >= 0.3 is 5.97 Å². The fraction of sp³-hybridized carbons (Fsp3) is 0.308. The summed E-state index contributed by atoms with van der Waals surface area (Å²) in [4.78, 5) is 34.0. The second-order valence-corrected chi connectivity index (χ2v) is 6.09. The number of benzene rings is 1. The van der Waals surface area contributed by atoms with Crippen molar-refractivity contribution in [2.24, 2.45) is 0 Å². The van der Waals surface area contributed by atoms with Gasteiger partial charge in [-0.3, -0.25) is 4.79 Å². The molecule has 0 bridgehead atoms. The Bertz CT molecular complexity index is 525. The molecule has 1 atom stereocenters. The van der Waals surface area contributed by atoms with Crippen LogP contribution in [0.5, 0.6) is 0 Å². The highest BCUT2D eigenvalue weighted by atomic mass is 79.9. The summed E-state index contributed by atoms with van der Waals surface area (Å²) in [6.45, 7) is 1.38. The van der Waals surface area contributed by atoms with E-state index in [-0.39, 0.29) is 18.6 Å². The van der Waals surface area contributed by atoms with Crippen molar-refractivity contribution in [2.75, 3.05) is 0 Å². The van der Waals surface area contributed by atoms with Crippen LogP contribution in [0.1, 0.15) is 30.1 Å². The van der Waals surface area contributed by atoms with Gasteiger partial charge in [0.15, 0.2) is 0 Å². The highest BCUT2D eigenvalue weighted by Gasteiger charge is 2.21. The molecule has 0 aliphatic heterocycles. The van der Waals surface area contributed by atoms with Crippen molar-refractivity contribution in [3.63, 3.8) is 0 Å². The van der Waals surface area contributed by atoms with Gasteiger partial charge in [0.25, 0.3) is 5.91 Å². The minimum atomic E-state index is -1.16. The lowest BCUT2D eigenvalue weighted by Crippen LogP contribution is -2.41. The van der Waals surface area contributed by atoms with Gasteiger partial charge in [0.05, 0.1) is 0 Å². The summed E-state index contributed by atoms with van der Waals surface area (Å²) < 4.78 is 1.40. The van der Waals surface area contributed by atoms with E-state index in [1.165, 1.54) is 6.92 Å². The third-order valence-electron chi connectivity index (χ3n) is 2.51. The van der Waals surface area contributed by atoms with Crippen LogP contribution in [0.3, 0.4) is 0 Å². The van der Waals surface area contributed by atoms with Crippen molar-refractivity contribution >= 4 is 49.5 Å². The number of carbonyl (C=O) groups excluding carboxylic acids is 2. The highest BCUT2D eigenvalue weighted by molar-refractivity contribution is 9.11. The number of Topliss-reactive ketones (excluding diaryl/α,β-unsaturated/α-hetero) is 1. The molecule has 1 rings (SSSR count). The number of carboxylic acid groups (broad SMARTS) is 1. The summed E-state index contributed by atoms with van der Waals surface area (Å²) in [5.41, 5.74) is 0.334. The van der Waals surface area contributed by atoms with E-state index in [0.717, 1.165) is 0 Å². The van der Waals surface area contributed by atoms with Crippen LogP contribution < -0.4 is 5.32 Å². The number of rotatable bonds is 6. The Hall–Kier alpha value is -1.21. The molecule has 0 spiro atoms. The number of nitrogens with one attached hydrogen (secondary N) is 1. The summed E-state index contributed by atoms with van der Waals surface area (Å²) in [7, 11) is 0. The summed E-state index contributed by atoms with van der Waals surface area (Å²) in [5.74, 6) is -1.77. The molecule has 1 aromatic rings. The molecule has 0 aliphatic rings. The molecular formula is C13H13Br2NO4. The Morgan fingerprint density at radius 1 is 1.20 bits per heavy atom. The predicted octanol–water partition coefficient (Wildman–Crippen LogP) is 2.76. The van der Waals surface area contributed by atoms with Gasteiger partial charge in [0, 0.05) is 20.9 Å². The maximum absolute atomic E-state index is 12.0. The monoisotopic (exact) mass is 405 g/mol. The molecule has 2 N–H and O–H groups in total. The number of hydrogen-bond acceptors (Lipinski definition) is 3. The van der Waals surface area contributed by atoms with E-state index in [1.54, 1.807) is 18.2 Å². The van der Waals surface area contributed by atoms with Gasteiger partial charge in [-0.25, -0.2) is 4.79 Å². The van der Waals surface area contributed by atoms with Crippen molar-refractivity contribution < 1.29 is 19.5 Å². The van der Waals surface area contributed by atoms with Gasteiger partial charge in [-0.05, 0) is 31.5 Å². The lowest BCUT2D eigenvalue weighted by Gasteiger charge is -2.14. The van der Waals surface area contributed by atoms with E-state index in [9.17, 15) is 14.4 Å². The molecule has 1 aromatic carbocycles. The van der Waals surface area contributed by atoms with Crippen LogP contribution in [0.15, 0.2) is 27.1 Å². The molecule has 5 nitrogen and oxygen atoms in total. The molecule has 0 saturated carbocycles. The largest absolute Gasteiger partial charge is 0.480 e. The minimum absolute atomic E-state index is 0.0750. The quantitative estimate of drug-likeness (QED) is 0.760. The first-order valence-corrected chi connectivity index (χ1v) is 7.37. The van der Waals surface area contributed by atoms with E-state index >= 15 is 0 Å². The first kappa shape index (κ1) is 16.8. The normalized spacial score (nSPS) is 11.8. The van der Waals surface area contributed by atoms with Crippen molar-refractivity contribution in [3.8, 4) is 0 Å². The van der Waals surface area contributed by atoms with Crippen molar-refractivity contribution in [2.45, 2.75) is 25.8 Å². The number of amides is 1. The SMILES string of the molecule is CC(=O)CC[C@@H](NC(=O)c1cc(Br)cc(Br)c1)C(=O)O. The maximum Gasteiger partial charge on any atom is 0.326 e. The van der Waals surface area contributed by atoms with Crippen molar-refractivity contribution in [1.82, 2.24) is 5.32 Å². The third-order valence-corrected chi connectivity index (χ3v) is 3.43. The number of hydrogen-bond donors (Lipinski definition) is 2. The smallest absolute Gasteiger partial charge is 0.326 e. The van der Waals surface area contributed by atoms with Gasteiger partial charge in [-0.1, -0.05) is 31.9 Å². The molecule has 20 heavy (non-hydrogen) atoms. The molecule has 0 unspecified atom stereocenters. The molecule has 0 heterocycles. The zero-order chi connectivity index (χ0) is 15.3. The average molecular weight is 407 g/mol. The van der Waals surface area contributed by atoms with Crippen LogP contribution in [0.25, 0.3) is 0 Å². The second kappa shape index (κ2) is 7.54. The van der Waals surface area contributed by atoms with E-state index < -0.39 is 17.9 Å². The average Bonchev–Trinajstić information content (AvgIpc) is 2.32. The number of ketones is 1. The lowest BCUT2D eigenvalue weighted by atomic mass is 10.1. The van der Waals surface area contributed by atoms with Crippen LogP contribution in [0, 0.1) is 0 Å². The lowest BCUT2D eigenvalue weighted by molar-refractivity contribution is -0.139. The Labute approximate surface area is 133 Å².